The predicted octanol–water partition coefficient (Wildman–Crippen LogP) is 17.2. The molecule has 10 aliphatic rings. The van der Waals surface area contributed by atoms with Gasteiger partial charge in [0.1, 0.15) is 5.82 Å². The minimum Gasteiger partial charge on any atom is -0.468 e. The number of imidazole rings is 4. The fourth-order valence-corrected chi connectivity index (χ4v) is 20.8. The van der Waals surface area contributed by atoms with Gasteiger partial charge in [-0.2, -0.15) is 19.9 Å². The maximum absolute atomic E-state index is 14.3. The number of amides is 4. The fraction of sp³-hybridized carbons (Fsp3) is 0.408. The van der Waals surface area contributed by atoms with E-state index < -0.39 is 6.10 Å². The van der Waals surface area contributed by atoms with E-state index >= 15 is 0 Å². The van der Waals surface area contributed by atoms with Crippen molar-refractivity contribution in [2.45, 2.75) is 189 Å². The number of aromatic nitrogens is 8. The summed E-state index contributed by atoms with van der Waals surface area (Å²) in [5.41, 5.74) is 12.3. The maximum atomic E-state index is 14.3. The van der Waals surface area contributed by atoms with Crippen molar-refractivity contribution in [2.75, 3.05) is 103 Å². The topological polar surface area (TPSA) is 291 Å². The molecule has 4 amide bonds. The van der Waals surface area contributed by atoms with Crippen LogP contribution in [-0.2, 0) is 39.0 Å². The van der Waals surface area contributed by atoms with Gasteiger partial charge >= 0.3 is 0 Å². The van der Waals surface area contributed by atoms with E-state index in [4.69, 9.17) is 55.4 Å². The number of methoxy groups -OCH3 is 1. The molecule has 8 aliphatic heterocycles. The van der Waals surface area contributed by atoms with Gasteiger partial charge in [0.15, 0.2) is 51.6 Å². The van der Waals surface area contributed by atoms with E-state index in [0.29, 0.717) is 183 Å². The van der Waals surface area contributed by atoms with Gasteiger partial charge < -0.3 is 29.6 Å². The molecular formula is C98H109Br3ClFN22O8. The van der Waals surface area contributed by atoms with Crippen LogP contribution < -0.4 is 39.7 Å². The van der Waals surface area contributed by atoms with E-state index in [-0.39, 0.29) is 53.6 Å². The normalized spacial score (nSPS) is 19.2. The molecule has 2 saturated carbocycles. The number of carbonyl (C=O) groups excluding carboxylic acids is 4. The van der Waals surface area contributed by atoms with E-state index in [1.807, 2.05) is 120 Å². The molecule has 2 aliphatic carbocycles. The molecule has 0 bridgehead atoms. The SMILES string of the molecule is CCN1C(=O)c2c(nc(NC3CCCC3)n2Cc2ccc(C)c(Br)c2)N2CCCN=C12.CCN1C(=O)c2c(nc(N[C@@H]3CCC[C@H]3O)n2Cc2ccc(C)c(Br)c2)N2C1=NCC2C.CCN1C(=O)c2c(nc(OC)n2Cc2cc(Cl)c3occc3c2)N2C[C@@H](Cc3ccccc3)N=C12.CCOc1nc2c(n1Cc1ccc(C)c(Br)c1)C(=O)N(CC)C1=N[C@H](Cc3ccccc3F)CN12. The summed E-state index contributed by atoms with van der Waals surface area (Å²) in [5.74, 6) is 6.00. The summed E-state index contributed by atoms with van der Waals surface area (Å²) >= 11 is 17.3. The summed E-state index contributed by atoms with van der Waals surface area (Å²) in [6, 6.07) is 42.6. The molecule has 0 radical (unpaired) electrons. The summed E-state index contributed by atoms with van der Waals surface area (Å²) in [6.45, 7) is 25.9. The first-order chi connectivity index (χ1) is 64.4. The quantitative estimate of drug-likeness (QED) is 0.0536. The van der Waals surface area contributed by atoms with Gasteiger partial charge in [-0.25, -0.2) is 14.4 Å². The van der Waals surface area contributed by atoms with Crippen LogP contribution in [0.1, 0.15) is 185 Å². The average molecular weight is 2020 g/mol. The fourth-order valence-electron chi connectivity index (χ4n) is 19.2. The smallest absolute Gasteiger partial charge is 0.299 e. The number of guanidine groups is 4. The maximum Gasteiger partial charge on any atom is 0.299 e. The molecule has 694 valence electrons. The van der Waals surface area contributed by atoms with Gasteiger partial charge in [0.25, 0.3) is 35.6 Å². The predicted molar refractivity (Wildman–Crippen MR) is 527 cm³/mol. The number of halogens is 5. The number of aliphatic imine (C=N–C) groups is 4. The molecule has 6 aromatic carbocycles. The van der Waals surface area contributed by atoms with Crippen molar-refractivity contribution < 1.29 is 42.6 Å². The van der Waals surface area contributed by atoms with Crippen molar-refractivity contribution in [1.29, 1.82) is 0 Å². The summed E-state index contributed by atoms with van der Waals surface area (Å²) < 4.78 is 42.1. The number of nitrogens with zero attached hydrogens (tertiary/aromatic N) is 20. The Morgan fingerprint density at radius 1 is 0.519 bits per heavy atom. The molecular weight excluding hydrogens is 1910 g/mol. The number of nitrogens with one attached hydrogen (secondary N) is 2. The number of aryl methyl sites for hydroxylation is 3. The van der Waals surface area contributed by atoms with Gasteiger partial charge in [-0.3, -0.25) is 86.6 Å². The van der Waals surface area contributed by atoms with Crippen LogP contribution >= 0.6 is 59.4 Å². The minimum absolute atomic E-state index is 0.00690. The molecule has 13 heterocycles. The molecule has 0 saturated heterocycles. The van der Waals surface area contributed by atoms with E-state index in [9.17, 15) is 28.7 Å². The molecule has 3 N–H and O–H groups in total. The second-order valence-corrected chi connectivity index (χ2v) is 38.0. The van der Waals surface area contributed by atoms with Gasteiger partial charge in [-0.1, -0.05) is 157 Å². The number of fused-ring (bicyclic) bond motifs is 13. The van der Waals surface area contributed by atoms with Gasteiger partial charge in [0.05, 0.1) is 101 Å². The van der Waals surface area contributed by atoms with Crippen molar-refractivity contribution >= 4 is 153 Å². The Hall–Kier alpha value is -11.7. The molecule has 11 aromatic rings. The van der Waals surface area contributed by atoms with Gasteiger partial charge in [-0.15, -0.1) is 0 Å². The number of anilines is 6. The van der Waals surface area contributed by atoms with Gasteiger partial charge in [0, 0.05) is 64.1 Å². The summed E-state index contributed by atoms with van der Waals surface area (Å²) in [6.07, 6.45) is 10.9. The van der Waals surface area contributed by atoms with Crippen molar-refractivity contribution in [3.05, 3.63) is 231 Å². The molecule has 5 atom stereocenters. The van der Waals surface area contributed by atoms with Crippen LogP contribution in [0.3, 0.4) is 0 Å². The van der Waals surface area contributed by atoms with Crippen LogP contribution in [0.15, 0.2) is 171 Å². The molecule has 2 fully saturated rings. The lowest BCUT2D eigenvalue weighted by Gasteiger charge is -2.38. The number of ether oxygens (including phenoxy) is 2. The lowest BCUT2D eigenvalue weighted by Crippen LogP contribution is -2.54. The highest BCUT2D eigenvalue weighted by molar-refractivity contribution is 9.11. The van der Waals surface area contributed by atoms with E-state index in [1.165, 1.54) is 30.0 Å². The second-order valence-electron chi connectivity index (χ2n) is 35.0. The Bertz CT molecular complexity index is 6430. The van der Waals surface area contributed by atoms with Gasteiger partial charge in [0.2, 0.25) is 35.7 Å². The first-order valence-corrected chi connectivity index (χ1v) is 48.8. The summed E-state index contributed by atoms with van der Waals surface area (Å²) in [5, 5.41) is 19.0. The standard InChI is InChI=1S/C26H27BrFN5O2.C26H24ClN5O3.C23H29BrN6O2.C23H29BrN6O/c1-4-31-24(34)22-23(33-15-19(29-25(31)33)13-18-8-6-7-9-21(18)28)30-26(35-5-2)32(22)14-17-11-10-16(3)20(27)12-17;1-3-30-24(33)21-23(32-15-19(28-25(30)32)12-16-7-5-4-6-8-16)29-26(34-2)31(21)14-17-11-18-9-10-35-22(18)20(27)13-17;1-4-28-21(32)19-20(30-14(3)11-25-23(28)30)27-22(26-17-6-5-7-18(17)31)29(19)12-15-9-8-13(2)16(24)10-15;1-3-28-21(31)19-20(29-12-6-11-25-23(28)29)27-22(26-17-7-4-5-8-17)30(19)14-16-10-9-15(2)18(24)13-16/h6-12,19H,4-5,13-15H2,1-3H3;4-11,13,19H,3,12,14-15H2,1-2H3;8-10,14,17-18,31H,4-7,11-12H2,1-3H3,(H,26,27);9-10,13,17H,3-8,11-12,14H2,1-2H3,(H,26,27)/t2*19-;14?,17-,18-;/m111./s1. The molecule has 21 rings (SSSR count). The van der Waals surface area contributed by atoms with Crippen molar-refractivity contribution in [3.63, 3.8) is 0 Å². The van der Waals surface area contributed by atoms with Crippen LogP contribution in [0.4, 0.5) is 39.6 Å². The third kappa shape index (κ3) is 17.9. The summed E-state index contributed by atoms with van der Waals surface area (Å²) in [7, 11) is 1.57. The third-order valence-electron chi connectivity index (χ3n) is 26.1. The Morgan fingerprint density at radius 3 is 1.59 bits per heavy atom. The monoisotopic (exact) mass is 2010 g/mol. The van der Waals surface area contributed by atoms with Crippen LogP contribution in [0, 0.1) is 26.6 Å². The number of furan rings is 1. The average Bonchev–Trinajstić information content (AvgIpc) is 1.54. The zero-order valence-electron chi connectivity index (χ0n) is 76.3. The molecule has 0 spiro atoms. The molecule has 1 unspecified atom stereocenters. The zero-order valence-corrected chi connectivity index (χ0v) is 81.8. The van der Waals surface area contributed by atoms with Crippen LogP contribution in [0.25, 0.3) is 11.0 Å². The number of aliphatic hydroxyl groups is 1. The highest BCUT2D eigenvalue weighted by Crippen LogP contribution is 2.43. The lowest BCUT2D eigenvalue weighted by molar-refractivity contribution is 0.0826. The van der Waals surface area contributed by atoms with Crippen LogP contribution in [0.5, 0.6) is 12.0 Å². The van der Waals surface area contributed by atoms with E-state index in [1.54, 1.807) is 45.1 Å². The largest absolute Gasteiger partial charge is 0.468 e. The Morgan fingerprint density at radius 2 is 1.03 bits per heavy atom. The summed E-state index contributed by atoms with van der Waals surface area (Å²) in [4.78, 5) is 108. The second kappa shape index (κ2) is 39.1. The Kier molecular flexibility index (Phi) is 27.0. The number of carbonyl (C=O) groups is 4. The minimum atomic E-state index is -0.406. The van der Waals surface area contributed by atoms with Gasteiger partial charge in [-0.05, 0) is 206 Å². The van der Waals surface area contributed by atoms with Crippen LogP contribution in [-0.4, -0.2) is 219 Å². The van der Waals surface area contributed by atoms with Crippen molar-refractivity contribution in [3.8, 4) is 12.0 Å². The first kappa shape index (κ1) is 91.8. The number of hydrogen-bond donors (Lipinski definition) is 3. The molecule has 35 heteroatoms. The molecule has 5 aromatic heterocycles. The number of rotatable bonds is 23. The highest BCUT2D eigenvalue weighted by Gasteiger charge is 2.49. The van der Waals surface area contributed by atoms with Crippen molar-refractivity contribution in [2.24, 2.45) is 20.0 Å². The molecule has 30 nitrogen and oxygen atoms in total. The zero-order chi connectivity index (χ0) is 92.9. The van der Waals surface area contributed by atoms with Crippen molar-refractivity contribution in [1.82, 2.24) is 57.8 Å². The number of hydrogen-bond acceptors (Lipinski definition) is 22. The highest BCUT2D eigenvalue weighted by atomic mass is 79.9. The first-order valence-electron chi connectivity index (χ1n) is 46.0. The van der Waals surface area contributed by atoms with E-state index in [0.717, 1.165) is 128 Å². The third-order valence-corrected chi connectivity index (χ3v) is 28.9. The Balaban J connectivity index is 0.000000119. The van der Waals surface area contributed by atoms with Crippen LogP contribution in [0.2, 0.25) is 5.02 Å². The number of aliphatic hydroxyl groups excluding tert-OH is 1. The number of benzene rings is 6. The Labute approximate surface area is 802 Å². The lowest BCUT2D eigenvalue weighted by atomic mass is 10.1. The van der Waals surface area contributed by atoms with E-state index in [2.05, 4.69) is 158 Å². The molecule has 133 heavy (non-hydrogen) atoms.